The fourth-order valence-corrected chi connectivity index (χ4v) is 7.01. The number of ketones is 1. The van der Waals surface area contributed by atoms with Crippen LogP contribution in [0.2, 0.25) is 0 Å². The van der Waals surface area contributed by atoms with E-state index in [9.17, 15) is 32.4 Å². The number of hydrogen-bond acceptors (Lipinski definition) is 7. The van der Waals surface area contributed by atoms with Crippen molar-refractivity contribution in [1.29, 1.82) is 0 Å². The van der Waals surface area contributed by atoms with Gasteiger partial charge >= 0.3 is 6.03 Å². The predicted molar refractivity (Wildman–Crippen MR) is 179 cm³/mol. The number of likely N-dealkylation sites (tertiary alicyclic amines) is 1. The second-order valence-corrected chi connectivity index (χ2v) is 17.7. The van der Waals surface area contributed by atoms with Gasteiger partial charge in [0.15, 0.2) is 0 Å². The van der Waals surface area contributed by atoms with Gasteiger partial charge in [-0.3, -0.25) is 19.2 Å². The van der Waals surface area contributed by atoms with E-state index in [0.717, 1.165) is 8.61 Å². The number of urea groups is 1. The van der Waals surface area contributed by atoms with Gasteiger partial charge < -0.3 is 26.2 Å². The van der Waals surface area contributed by atoms with Crippen molar-refractivity contribution in [2.75, 3.05) is 40.8 Å². The highest BCUT2D eigenvalue weighted by molar-refractivity contribution is 7.86. The minimum Gasteiger partial charge on any atom is -0.350 e. The third-order valence-corrected chi connectivity index (χ3v) is 11.2. The maximum atomic E-state index is 14.3. The van der Waals surface area contributed by atoms with Crippen LogP contribution in [0.25, 0.3) is 0 Å². The lowest BCUT2D eigenvalue weighted by molar-refractivity contribution is -0.145. The first kappa shape index (κ1) is 40.0. The van der Waals surface area contributed by atoms with E-state index in [0.29, 0.717) is 0 Å². The SMILES string of the molecule is C#CCC(NC(=O)[C@@H]1[C@@H]2[C@H](CN1C(=O)[C@@H](NC(=O)N[C@H](CN(C)S(=O)(=O)N(C)C)C(C)(C)C)C(C)(C)C)C2(C)C)C(=O)C(=O)NCC. The zero-order valence-electron chi connectivity index (χ0n) is 30.0. The molecule has 1 aliphatic heterocycles. The Bertz CT molecular complexity index is 1370. The molecule has 0 bridgehead atoms. The van der Waals surface area contributed by atoms with Crippen LogP contribution < -0.4 is 21.3 Å². The molecule has 0 aromatic carbocycles. The van der Waals surface area contributed by atoms with Gasteiger partial charge in [0.05, 0.1) is 0 Å². The number of carbonyl (C=O) groups is 5. The van der Waals surface area contributed by atoms with Crippen LogP contribution in [0, 0.1) is 40.4 Å². The number of Topliss-reactive ketones (excluding diaryl/α,β-unsaturated/α-hetero) is 1. The molecule has 266 valence electrons. The quantitative estimate of drug-likeness (QED) is 0.162. The molecule has 2 rings (SSSR count). The van der Waals surface area contributed by atoms with Crippen LogP contribution in [-0.2, 0) is 29.4 Å². The Morgan fingerprint density at radius 1 is 0.979 bits per heavy atom. The van der Waals surface area contributed by atoms with Gasteiger partial charge in [-0.05, 0) is 35.0 Å². The summed E-state index contributed by atoms with van der Waals surface area (Å²) in [6, 6.07) is -4.58. The molecule has 2 aliphatic rings. The lowest BCUT2D eigenvalue weighted by Gasteiger charge is -2.39. The van der Waals surface area contributed by atoms with E-state index >= 15 is 0 Å². The number of nitrogens with zero attached hydrogens (tertiary/aromatic N) is 3. The van der Waals surface area contributed by atoms with Crippen molar-refractivity contribution in [2.45, 2.75) is 92.9 Å². The minimum absolute atomic E-state index is 0.0151. The summed E-state index contributed by atoms with van der Waals surface area (Å²) in [6.07, 6.45) is 5.25. The number of fused-ring (bicyclic) bond motifs is 1. The fraction of sp³-hybridized carbons (Fsp3) is 0.781. The van der Waals surface area contributed by atoms with Crippen molar-refractivity contribution >= 4 is 39.7 Å². The van der Waals surface area contributed by atoms with Crippen LogP contribution in [-0.4, -0.2) is 116 Å². The number of likely N-dealkylation sites (N-methyl/N-ethyl adjacent to an activating group) is 2. The Kier molecular flexibility index (Phi) is 12.3. The van der Waals surface area contributed by atoms with Gasteiger partial charge in [0, 0.05) is 53.2 Å². The normalized spacial score (nSPS) is 22.4. The lowest BCUT2D eigenvalue weighted by atomic mass is 9.85. The van der Waals surface area contributed by atoms with Crippen molar-refractivity contribution in [2.24, 2.45) is 28.1 Å². The predicted octanol–water partition coefficient (Wildman–Crippen LogP) is 0.550. The summed E-state index contributed by atoms with van der Waals surface area (Å²) >= 11 is 0. The van der Waals surface area contributed by atoms with E-state index < -0.39 is 74.7 Å². The molecular weight excluding hydrogens is 626 g/mol. The maximum absolute atomic E-state index is 14.3. The molecule has 15 heteroatoms. The van der Waals surface area contributed by atoms with Crippen LogP contribution in [0.4, 0.5) is 4.79 Å². The molecule has 2 fully saturated rings. The summed E-state index contributed by atoms with van der Waals surface area (Å²) < 4.78 is 27.6. The molecule has 0 aromatic heterocycles. The van der Waals surface area contributed by atoms with E-state index in [-0.39, 0.29) is 43.3 Å². The molecule has 0 radical (unpaired) electrons. The monoisotopic (exact) mass is 681 g/mol. The molecule has 1 heterocycles. The zero-order chi connectivity index (χ0) is 36.4. The topological polar surface area (TPSA) is 177 Å². The van der Waals surface area contributed by atoms with Gasteiger partial charge in [-0.15, -0.1) is 12.3 Å². The van der Waals surface area contributed by atoms with Crippen LogP contribution in [0.3, 0.4) is 0 Å². The average Bonchev–Trinajstić information content (AvgIpc) is 3.25. The Labute approximate surface area is 280 Å². The van der Waals surface area contributed by atoms with Gasteiger partial charge in [-0.2, -0.15) is 17.0 Å². The van der Waals surface area contributed by atoms with Gasteiger partial charge in [-0.1, -0.05) is 55.4 Å². The van der Waals surface area contributed by atoms with Crippen LogP contribution >= 0.6 is 0 Å². The molecule has 0 spiro atoms. The van der Waals surface area contributed by atoms with E-state index in [2.05, 4.69) is 27.2 Å². The molecule has 47 heavy (non-hydrogen) atoms. The zero-order valence-corrected chi connectivity index (χ0v) is 30.8. The Morgan fingerprint density at radius 3 is 2.02 bits per heavy atom. The molecule has 0 aromatic rings. The molecule has 1 saturated heterocycles. The Balaban J connectivity index is 2.34. The second kappa shape index (κ2) is 14.5. The molecule has 6 atom stereocenters. The molecule has 14 nitrogen and oxygen atoms in total. The van der Waals surface area contributed by atoms with Crippen LogP contribution in [0.1, 0.15) is 68.7 Å². The third kappa shape index (κ3) is 9.03. The van der Waals surface area contributed by atoms with E-state index in [1.54, 1.807) is 27.7 Å². The van der Waals surface area contributed by atoms with Crippen molar-refractivity contribution in [1.82, 2.24) is 34.8 Å². The summed E-state index contributed by atoms with van der Waals surface area (Å²) in [6.45, 7) is 17.1. The highest BCUT2D eigenvalue weighted by atomic mass is 32.2. The highest BCUT2D eigenvalue weighted by Gasteiger charge is 2.70. The average molecular weight is 682 g/mol. The second-order valence-electron chi connectivity index (χ2n) is 15.5. The number of terminal acetylenes is 1. The summed E-state index contributed by atoms with van der Waals surface area (Å²) in [4.78, 5) is 68.1. The standard InChI is InChI=1S/C32H55N7O7S/c1-14-16-20(24(40)27(42)33-15-2)34-26(41)23-22-19(32(22,9)10)17-39(23)28(43)25(31(6,7)8)36-29(44)35-21(30(3,4)5)18-38(13)47(45,46)37(11)12/h1,19-23,25H,15-18H2,2-13H3,(H,33,42)(H,34,41)(H2,35,36,44)/t19-,20?,21+,22-,23-,25+/m0/s1. The summed E-state index contributed by atoms with van der Waals surface area (Å²) in [5, 5.41) is 10.7. The first-order valence-corrected chi connectivity index (χ1v) is 17.3. The maximum Gasteiger partial charge on any atom is 0.315 e. The number of carbonyl (C=O) groups excluding carboxylic acids is 5. The van der Waals surface area contributed by atoms with Crippen molar-refractivity contribution in [3.63, 3.8) is 0 Å². The molecule has 1 aliphatic carbocycles. The molecule has 1 unspecified atom stereocenters. The minimum atomic E-state index is -3.75. The number of hydrogen-bond donors (Lipinski definition) is 4. The smallest absolute Gasteiger partial charge is 0.315 e. The highest BCUT2D eigenvalue weighted by Crippen LogP contribution is 2.65. The number of nitrogens with one attached hydrogen (secondary N) is 4. The number of piperidine rings is 1. The van der Waals surface area contributed by atoms with E-state index in [1.165, 1.54) is 26.0 Å². The first-order chi connectivity index (χ1) is 21.3. The summed E-state index contributed by atoms with van der Waals surface area (Å²) in [7, 11) is 0.525. The Hall–Kier alpha value is -3.22. The van der Waals surface area contributed by atoms with Crippen molar-refractivity contribution in [3.8, 4) is 12.3 Å². The first-order valence-electron chi connectivity index (χ1n) is 15.9. The van der Waals surface area contributed by atoms with E-state index in [4.69, 9.17) is 6.42 Å². The molecule has 1 saturated carbocycles. The van der Waals surface area contributed by atoms with Crippen molar-refractivity contribution in [3.05, 3.63) is 0 Å². The fourth-order valence-electron chi connectivity index (χ4n) is 6.11. The summed E-state index contributed by atoms with van der Waals surface area (Å²) in [5.41, 5.74) is -1.59. The van der Waals surface area contributed by atoms with Gasteiger partial charge in [-0.25, -0.2) is 4.79 Å². The van der Waals surface area contributed by atoms with Crippen LogP contribution in [0.5, 0.6) is 0 Å². The third-order valence-electron chi connectivity index (χ3n) is 9.31. The summed E-state index contributed by atoms with van der Waals surface area (Å²) in [5.74, 6) is -0.652. The molecule has 4 N–H and O–H groups in total. The van der Waals surface area contributed by atoms with Gasteiger partial charge in [0.2, 0.25) is 17.6 Å². The molecular formula is C32H55N7O7S. The lowest BCUT2D eigenvalue weighted by Crippen LogP contribution is -2.62. The van der Waals surface area contributed by atoms with Crippen molar-refractivity contribution < 1.29 is 32.4 Å². The van der Waals surface area contributed by atoms with Crippen LogP contribution in [0.15, 0.2) is 0 Å². The van der Waals surface area contributed by atoms with E-state index in [1.807, 2.05) is 34.6 Å². The number of amides is 5. The largest absolute Gasteiger partial charge is 0.350 e. The number of rotatable bonds is 13. The van der Waals surface area contributed by atoms with Gasteiger partial charge in [0.1, 0.15) is 18.1 Å². The van der Waals surface area contributed by atoms with Gasteiger partial charge in [0.25, 0.3) is 16.1 Å². The molecule has 5 amide bonds. The Morgan fingerprint density at radius 2 is 1.55 bits per heavy atom.